The molecule has 6 nitrogen and oxygen atoms in total. The van der Waals surface area contributed by atoms with Crippen LogP contribution in [0.5, 0.6) is 5.88 Å². The van der Waals surface area contributed by atoms with Crippen LogP contribution in [0.3, 0.4) is 0 Å². The molecule has 0 saturated heterocycles. The van der Waals surface area contributed by atoms with Crippen molar-refractivity contribution in [1.82, 2.24) is 15.6 Å². The van der Waals surface area contributed by atoms with E-state index in [4.69, 9.17) is 11.6 Å². The first kappa shape index (κ1) is 21.0. The third kappa shape index (κ3) is 8.06. The number of carbonyl (C=O) groups is 2. The smallest absolute Gasteiger partial charge is 0.422 e. The Morgan fingerprint density at radius 1 is 1.40 bits per heavy atom. The van der Waals surface area contributed by atoms with Crippen LogP contribution in [0, 0.1) is 0 Å². The molecule has 0 aliphatic rings. The van der Waals surface area contributed by atoms with E-state index in [1.807, 2.05) is 13.8 Å². The number of amides is 2. The summed E-state index contributed by atoms with van der Waals surface area (Å²) >= 11 is 5.76. The van der Waals surface area contributed by atoms with Crippen LogP contribution in [-0.2, 0) is 4.79 Å². The highest BCUT2D eigenvalue weighted by Crippen LogP contribution is 2.24. The SMILES string of the molecule is CCC(C)NC(=O)CCNC(=O)c1cnc(OCC(F)(F)F)c(Cl)c1. The summed E-state index contributed by atoms with van der Waals surface area (Å²) in [6.07, 6.45) is -2.57. The molecule has 0 aliphatic carbocycles. The molecule has 25 heavy (non-hydrogen) atoms. The number of hydrogen-bond donors (Lipinski definition) is 2. The van der Waals surface area contributed by atoms with Gasteiger partial charge in [-0.1, -0.05) is 18.5 Å². The quantitative estimate of drug-likeness (QED) is 0.725. The highest BCUT2D eigenvalue weighted by Gasteiger charge is 2.29. The Morgan fingerprint density at radius 2 is 2.08 bits per heavy atom. The second kappa shape index (κ2) is 9.45. The maximum atomic E-state index is 12.1. The van der Waals surface area contributed by atoms with E-state index in [1.54, 1.807) is 0 Å². The topological polar surface area (TPSA) is 80.3 Å². The zero-order valence-electron chi connectivity index (χ0n) is 13.7. The van der Waals surface area contributed by atoms with E-state index in [-0.39, 0.29) is 35.5 Å². The third-order valence-electron chi connectivity index (χ3n) is 3.10. The highest BCUT2D eigenvalue weighted by atomic mass is 35.5. The number of nitrogens with zero attached hydrogens (tertiary/aromatic N) is 1. The first-order valence-corrected chi connectivity index (χ1v) is 7.92. The van der Waals surface area contributed by atoms with Crippen molar-refractivity contribution in [3.05, 3.63) is 22.8 Å². The van der Waals surface area contributed by atoms with E-state index >= 15 is 0 Å². The summed E-state index contributed by atoms with van der Waals surface area (Å²) in [5.74, 6) is -1.15. The Morgan fingerprint density at radius 3 is 2.64 bits per heavy atom. The Bertz CT molecular complexity index is 611. The van der Waals surface area contributed by atoms with Crippen molar-refractivity contribution in [2.24, 2.45) is 0 Å². The molecule has 1 aromatic rings. The van der Waals surface area contributed by atoms with Crippen molar-refractivity contribution in [1.29, 1.82) is 0 Å². The zero-order chi connectivity index (χ0) is 19.0. The molecule has 2 amide bonds. The van der Waals surface area contributed by atoms with Crippen LogP contribution in [0.4, 0.5) is 13.2 Å². The second-order valence-corrected chi connectivity index (χ2v) is 5.70. The summed E-state index contributed by atoms with van der Waals surface area (Å²) in [5, 5.41) is 5.04. The zero-order valence-corrected chi connectivity index (χ0v) is 14.5. The standard InChI is InChI=1S/C15H19ClF3N3O3/c1-3-9(2)22-12(23)4-5-20-13(24)10-6-11(16)14(21-7-10)25-8-15(17,18)19/h6-7,9H,3-5,8H2,1-2H3,(H,20,24)(H,22,23). The van der Waals surface area contributed by atoms with E-state index in [9.17, 15) is 22.8 Å². The van der Waals surface area contributed by atoms with Crippen molar-refractivity contribution >= 4 is 23.4 Å². The van der Waals surface area contributed by atoms with Crippen LogP contribution in [0.15, 0.2) is 12.3 Å². The van der Waals surface area contributed by atoms with Gasteiger partial charge >= 0.3 is 6.18 Å². The molecular formula is C15H19ClF3N3O3. The van der Waals surface area contributed by atoms with Crippen molar-refractivity contribution in [3.63, 3.8) is 0 Å². The largest absolute Gasteiger partial charge is 0.467 e. The molecule has 0 spiro atoms. The van der Waals surface area contributed by atoms with Gasteiger partial charge in [-0.25, -0.2) is 4.98 Å². The van der Waals surface area contributed by atoms with Crippen LogP contribution in [0.2, 0.25) is 5.02 Å². The summed E-state index contributed by atoms with van der Waals surface area (Å²) in [5.41, 5.74) is 0.0479. The number of rotatable bonds is 8. The van der Waals surface area contributed by atoms with Crippen LogP contribution in [0.25, 0.3) is 0 Å². The minimum atomic E-state index is -4.52. The Labute approximate surface area is 148 Å². The number of halogens is 4. The molecule has 0 saturated carbocycles. The Balaban J connectivity index is 2.51. The van der Waals surface area contributed by atoms with E-state index in [2.05, 4.69) is 20.4 Å². The van der Waals surface area contributed by atoms with Gasteiger partial charge in [0.25, 0.3) is 5.91 Å². The minimum Gasteiger partial charge on any atom is -0.467 e. The lowest BCUT2D eigenvalue weighted by atomic mass is 10.2. The van der Waals surface area contributed by atoms with E-state index in [0.717, 1.165) is 18.7 Å². The second-order valence-electron chi connectivity index (χ2n) is 5.30. The summed E-state index contributed by atoms with van der Waals surface area (Å²) < 4.78 is 40.7. The van der Waals surface area contributed by atoms with Crippen LogP contribution in [0.1, 0.15) is 37.0 Å². The number of aromatic nitrogens is 1. The van der Waals surface area contributed by atoms with Gasteiger partial charge in [0.15, 0.2) is 6.61 Å². The molecular weight excluding hydrogens is 363 g/mol. The van der Waals surface area contributed by atoms with Gasteiger partial charge in [-0.3, -0.25) is 9.59 Å². The molecule has 0 fully saturated rings. The molecule has 1 rings (SSSR count). The molecule has 10 heteroatoms. The number of nitrogens with one attached hydrogen (secondary N) is 2. The lowest BCUT2D eigenvalue weighted by Gasteiger charge is -2.12. The summed E-state index contributed by atoms with van der Waals surface area (Å²) in [6, 6.07) is 1.20. The van der Waals surface area contributed by atoms with Gasteiger partial charge < -0.3 is 15.4 Å². The number of carbonyl (C=O) groups excluding carboxylic acids is 2. The number of alkyl halides is 3. The van der Waals surface area contributed by atoms with Gasteiger partial charge in [0.2, 0.25) is 11.8 Å². The minimum absolute atomic E-state index is 0.0479. The maximum absolute atomic E-state index is 12.1. The van der Waals surface area contributed by atoms with Gasteiger partial charge in [-0.15, -0.1) is 0 Å². The number of pyridine rings is 1. The fourth-order valence-electron chi connectivity index (χ4n) is 1.65. The predicted molar refractivity (Wildman–Crippen MR) is 85.6 cm³/mol. The van der Waals surface area contributed by atoms with Crippen molar-refractivity contribution < 1.29 is 27.5 Å². The van der Waals surface area contributed by atoms with Crippen LogP contribution in [-0.4, -0.2) is 42.2 Å². The fourth-order valence-corrected chi connectivity index (χ4v) is 1.87. The van der Waals surface area contributed by atoms with E-state index < -0.39 is 24.6 Å². The van der Waals surface area contributed by atoms with Crippen molar-refractivity contribution in [2.45, 2.75) is 38.9 Å². The Hall–Kier alpha value is -2.03. The average molecular weight is 382 g/mol. The van der Waals surface area contributed by atoms with Crippen LogP contribution >= 0.6 is 11.6 Å². The first-order valence-electron chi connectivity index (χ1n) is 7.55. The van der Waals surface area contributed by atoms with Gasteiger partial charge in [-0.2, -0.15) is 13.2 Å². The van der Waals surface area contributed by atoms with E-state index in [0.29, 0.717) is 0 Å². The summed E-state index contributed by atoms with van der Waals surface area (Å²) in [7, 11) is 0. The molecule has 0 aromatic carbocycles. The van der Waals surface area contributed by atoms with Crippen molar-refractivity contribution in [3.8, 4) is 5.88 Å². The third-order valence-corrected chi connectivity index (χ3v) is 3.37. The molecule has 0 radical (unpaired) electrons. The van der Waals surface area contributed by atoms with Gasteiger partial charge in [0.05, 0.1) is 5.56 Å². The number of ether oxygens (including phenoxy) is 1. The molecule has 1 aromatic heterocycles. The fraction of sp³-hybridized carbons (Fsp3) is 0.533. The molecule has 140 valence electrons. The molecule has 2 N–H and O–H groups in total. The van der Waals surface area contributed by atoms with E-state index in [1.165, 1.54) is 0 Å². The highest BCUT2D eigenvalue weighted by molar-refractivity contribution is 6.32. The lowest BCUT2D eigenvalue weighted by Crippen LogP contribution is -2.35. The Kier molecular flexibility index (Phi) is 7.95. The number of hydrogen-bond acceptors (Lipinski definition) is 4. The monoisotopic (exact) mass is 381 g/mol. The predicted octanol–water partition coefficient (Wildman–Crippen LogP) is 2.71. The summed E-state index contributed by atoms with van der Waals surface area (Å²) in [4.78, 5) is 27.1. The average Bonchev–Trinajstić information content (AvgIpc) is 2.52. The van der Waals surface area contributed by atoms with Crippen molar-refractivity contribution in [2.75, 3.05) is 13.2 Å². The lowest BCUT2D eigenvalue weighted by molar-refractivity contribution is -0.154. The molecule has 1 atom stereocenters. The first-order chi connectivity index (χ1) is 11.6. The normalized spacial score (nSPS) is 12.4. The summed E-state index contributed by atoms with van der Waals surface area (Å²) in [6.45, 7) is 2.37. The maximum Gasteiger partial charge on any atom is 0.422 e. The molecule has 1 heterocycles. The molecule has 1 unspecified atom stereocenters. The molecule has 0 bridgehead atoms. The van der Waals surface area contributed by atoms with Crippen LogP contribution < -0.4 is 15.4 Å². The van der Waals surface area contributed by atoms with Gasteiger partial charge in [0, 0.05) is 25.2 Å². The van der Waals surface area contributed by atoms with Gasteiger partial charge in [0.1, 0.15) is 5.02 Å². The van der Waals surface area contributed by atoms with Gasteiger partial charge in [-0.05, 0) is 19.4 Å². The molecule has 0 aliphatic heterocycles.